The molecule has 1 heterocycles. The van der Waals surface area contributed by atoms with E-state index in [1.165, 1.54) is 5.56 Å². The van der Waals surface area contributed by atoms with E-state index in [4.69, 9.17) is 0 Å². The summed E-state index contributed by atoms with van der Waals surface area (Å²) in [5.41, 5.74) is 3.59. The molecule has 2 aromatic carbocycles. The first kappa shape index (κ1) is 23.1. The summed E-state index contributed by atoms with van der Waals surface area (Å²) in [6, 6.07) is 13.2. The molecule has 3 amide bonds. The van der Waals surface area contributed by atoms with E-state index in [0.717, 1.165) is 32.4 Å². The molecule has 0 spiro atoms. The number of amides is 3. The highest BCUT2D eigenvalue weighted by molar-refractivity contribution is 9.10. The predicted octanol–water partition coefficient (Wildman–Crippen LogP) is 5.31. The van der Waals surface area contributed by atoms with Gasteiger partial charge in [0.05, 0.1) is 10.6 Å². The molecule has 0 aliphatic carbocycles. The number of benzene rings is 2. The Balaban J connectivity index is 1.67. The van der Waals surface area contributed by atoms with E-state index in [0.29, 0.717) is 16.5 Å². The van der Waals surface area contributed by atoms with Crippen molar-refractivity contribution in [2.45, 2.75) is 19.8 Å². The summed E-state index contributed by atoms with van der Waals surface area (Å²) in [5.74, 6) is -0.487. The van der Waals surface area contributed by atoms with Gasteiger partial charge in [0.2, 0.25) is 5.91 Å². The van der Waals surface area contributed by atoms with Crippen molar-refractivity contribution in [1.82, 2.24) is 4.90 Å². The van der Waals surface area contributed by atoms with Gasteiger partial charge in [-0.1, -0.05) is 32.0 Å². The van der Waals surface area contributed by atoms with Crippen LogP contribution in [0.2, 0.25) is 0 Å². The molecular weight excluding hydrogens is 478 g/mol. The van der Waals surface area contributed by atoms with Crippen molar-refractivity contribution in [3.63, 3.8) is 0 Å². The van der Waals surface area contributed by atoms with Crippen LogP contribution in [0.15, 0.2) is 51.8 Å². The Morgan fingerprint density at radius 3 is 2.42 bits per heavy atom. The summed E-state index contributed by atoms with van der Waals surface area (Å²) in [6.45, 7) is 3.86. The van der Waals surface area contributed by atoms with Crippen molar-refractivity contribution in [3.8, 4) is 0 Å². The van der Waals surface area contributed by atoms with Crippen LogP contribution >= 0.6 is 27.7 Å². The highest BCUT2D eigenvalue weighted by Gasteiger charge is 2.36. The lowest BCUT2D eigenvalue weighted by molar-refractivity contribution is -0.127. The summed E-state index contributed by atoms with van der Waals surface area (Å²) in [7, 11) is 3.88. The lowest BCUT2D eigenvalue weighted by atomic mass is 10.0. The zero-order valence-corrected chi connectivity index (χ0v) is 20.2. The number of hydrogen-bond donors (Lipinski definition) is 1. The van der Waals surface area contributed by atoms with E-state index < -0.39 is 17.1 Å². The van der Waals surface area contributed by atoms with Gasteiger partial charge >= 0.3 is 0 Å². The number of carbonyl (C=O) groups excluding carboxylic acids is 3. The van der Waals surface area contributed by atoms with Crippen LogP contribution in [0.4, 0.5) is 16.2 Å². The zero-order valence-electron chi connectivity index (χ0n) is 17.8. The molecule has 2 aromatic rings. The molecule has 0 radical (unpaired) electrons. The summed E-state index contributed by atoms with van der Waals surface area (Å²) in [5, 5.41) is 2.29. The van der Waals surface area contributed by atoms with Crippen LogP contribution in [0, 0.1) is 0 Å². The minimum Gasteiger partial charge on any atom is -0.377 e. The van der Waals surface area contributed by atoms with Gasteiger partial charge in [-0.3, -0.25) is 19.3 Å². The maximum Gasteiger partial charge on any atom is 0.294 e. The Hall–Kier alpha value is -2.58. The van der Waals surface area contributed by atoms with Crippen LogP contribution in [-0.4, -0.2) is 42.6 Å². The second-order valence-electron chi connectivity index (χ2n) is 7.70. The van der Waals surface area contributed by atoms with Crippen LogP contribution in [-0.2, 0) is 9.59 Å². The standard InChI is InChI=1S/C23H24BrN3O3S/c1-14(2)16-6-8-17(9-7-16)25-21(28)13-27-22(29)20(31-23(27)30)12-15-5-10-19(26(3)4)18(24)11-15/h5-12,14H,13H2,1-4H3,(H,25,28)/b20-12-. The molecular formula is C23H24BrN3O3S. The van der Waals surface area contributed by atoms with Crippen LogP contribution in [0.5, 0.6) is 0 Å². The Morgan fingerprint density at radius 2 is 1.84 bits per heavy atom. The molecule has 0 atom stereocenters. The molecule has 1 N–H and O–H groups in total. The summed E-state index contributed by atoms with van der Waals surface area (Å²) in [6.07, 6.45) is 1.66. The summed E-state index contributed by atoms with van der Waals surface area (Å²) < 4.78 is 0.883. The number of hydrogen-bond acceptors (Lipinski definition) is 5. The number of imide groups is 1. The number of rotatable bonds is 6. The van der Waals surface area contributed by atoms with E-state index in [2.05, 4.69) is 35.1 Å². The Bertz CT molecular complexity index is 1050. The molecule has 0 unspecified atom stereocenters. The molecule has 1 saturated heterocycles. The first-order valence-electron chi connectivity index (χ1n) is 9.77. The Labute approximate surface area is 194 Å². The molecule has 8 heteroatoms. The van der Waals surface area contributed by atoms with Crippen LogP contribution < -0.4 is 10.2 Å². The number of nitrogens with one attached hydrogen (secondary N) is 1. The zero-order chi connectivity index (χ0) is 22.7. The minimum absolute atomic E-state index is 0.295. The van der Waals surface area contributed by atoms with E-state index >= 15 is 0 Å². The topological polar surface area (TPSA) is 69.7 Å². The molecule has 31 heavy (non-hydrogen) atoms. The molecule has 1 aliphatic heterocycles. The van der Waals surface area contributed by atoms with Crippen molar-refractivity contribution >= 4 is 62.2 Å². The lowest BCUT2D eigenvalue weighted by Gasteiger charge is -2.14. The second-order valence-corrected chi connectivity index (χ2v) is 9.55. The third-order valence-electron chi connectivity index (χ3n) is 4.79. The number of halogens is 1. The van der Waals surface area contributed by atoms with Crippen LogP contribution in [0.1, 0.15) is 30.9 Å². The first-order chi connectivity index (χ1) is 14.7. The van der Waals surface area contributed by atoms with Gasteiger partial charge in [0.1, 0.15) is 6.54 Å². The third kappa shape index (κ3) is 5.57. The van der Waals surface area contributed by atoms with Gasteiger partial charge in [-0.05, 0) is 75.1 Å². The lowest BCUT2D eigenvalue weighted by Crippen LogP contribution is -2.36. The monoisotopic (exact) mass is 501 g/mol. The van der Waals surface area contributed by atoms with Gasteiger partial charge in [0.15, 0.2) is 0 Å². The quantitative estimate of drug-likeness (QED) is 0.542. The maximum atomic E-state index is 12.7. The molecule has 0 bridgehead atoms. The molecule has 3 rings (SSSR count). The average molecular weight is 502 g/mol. The molecule has 0 aromatic heterocycles. The maximum absolute atomic E-state index is 12.7. The second kappa shape index (κ2) is 9.70. The SMILES string of the molecule is CC(C)c1ccc(NC(=O)CN2C(=O)S/C(=C\c3ccc(N(C)C)c(Br)c3)C2=O)cc1. The number of carbonyl (C=O) groups is 3. The smallest absolute Gasteiger partial charge is 0.294 e. The molecule has 6 nitrogen and oxygen atoms in total. The van der Waals surface area contributed by atoms with E-state index in [9.17, 15) is 14.4 Å². The fraction of sp³-hybridized carbons (Fsp3) is 0.261. The van der Waals surface area contributed by atoms with Gasteiger partial charge in [-0.25, -0.2) is 0 Å². The number of thioether (sulfide) groups is 1. The van der Waals surface area contributed by atoms with E-state index in [1.807, 2.05) is 61.5 Å². The van der Waals surface area contributed by atoms with Gasteiger partial charge in [-0.2, -0.15) is 0 Å². The largest absolute Gasteiger partial charge is 0.377 e. The van der Waals surface area contributed by atoms with Gasteiger partial charge < -0.3 is 10.2 Å². The van der Waals surface area contributed by atoms with Crippen molar-refractivity contribution in [2.24, 2.45) is 0 Å². The number of anilines is 2. The third-order valence-corrected chi connectivity index (χ3v) is 6.33. The summed E-state index contributed by atoms with van der Waals surface area (Å²) >= 11 is 4.36. The van der Waals surface area contributed by atoms with E-state index in [-0.39, 0.29) is 6.54 Å². The Kier molecular flexibility index (Phi) is 7.23. The minimum atomic E-state index is -0.465. The van der Waals surface area contributed by atoms with Crippen LogP contribution in [0.25, 0.3) is 6.08 Å². The molecule has 0 saturated carbocycles. The number of nitrogens with zero attached hydrogens (tertiary/aromatic N) is 2. The van der Waals surface area contributed by atoms with Crippen molar-refractivity contribution in [1.29, 1.82) is 0 Å². The summed E-state index contributed by atoms with van der Waals surface area (Å²) in [4.78, 5) is 40.7. The van der Waals surface area contributed by atoms with Crippen LogP contribution in [0.3, 0.4) is 0 Å². The highest BCUT2D eigenvalue weighted by Crippen LogP contribution is 2.33. The molecule has 1 fully saturated rings. The fourth-order valence-corrected chi connectivity index (χ4v) is 4.65. The average Bonchev–Trinajstić information content (AvgIpc) is 2.95. The molecule has 162 valence electrons. The first-order valence-corrected chi connectivity index (χ1v) is 11.4. The van der Waals surface area contributed by atoms with Crippen molar-refractivity contribution < 1.29 is 14.4 Å². The Morgan fingerprint density at radius 1 is 1.16 bits per heavy atom. The van der Waals surface area contributed by atoms with Gasteiger partial charge in [-0.15, -0.1) is 0 Å². The highest BCUT2D eigenvalue weighted by atomic mass is 79.9. The fourth-order valence-electron chi connectivity index (χ4n) is 3.06. The predicted molar refractivity (Wildman–Crippen MR) is 130 cm³/mol. The van der Waals surface area contributed by atoms with E-state index in [1.54, 1.807) is 6.08 Å². The normalized spacial score (nSPS) is 15.2. The van der Waals surface area contributed by atoms with Gasteiger partial charge in [0.25, 0.3) is 11.1 Å². The van der Waals surface area contributed by atoms with Crippen molar-refractivity contribution in [2.75, 3.05) is 30.9 Å². The van der Waals surface area contributed by atoms with Gasteiger partial charge in [0, 0.05) is 24.3 Å². The van der Waals surface area contributed by atoms with Crippen molar-refractivity contribution in [3.05, 3.63) is 63.0 Å². The molecule has 1 aliphatic rings.